The van der Waals surface area contributed by atoms with Gasteiger partial charge in [-0.3, -0.25) is 4.79 Å². The Balaban J connectivity index is 1.43. The van der Waals surface area contributed by atoms with Gasteiger partial charge in [0.15, 0.2) is 0 Å². The molecule has 3 nitrogen and oxygen atoms in total. The van der Waals surface area contributed by atoms with Crippen molar-refractivity contribution in [1.29, 1.82) is 0 Å². The smallest absolute Gasteiger partial charge is 0.268 e. The fraction of sp³-hybridized carbons (Fsp3) is 0.353. The minimum atomic E-state index is -0.216. The van der Waals surface area contributed by atoms with Crippen molar-refractivity contribution in [1.82, 2.24) is 9.88 Å². The van der Waals surface area contributed by atoms with Crippen LogP contribution in [0.5, 0.6) is 0 Å². The molecule has 2 fully saturated rings. The fourth-order valence-electron chi connectivity index (χ4n) is 2.96. The number of nitrogens with zero attached hydrogens (tertiary/aromatic N) is 1. The van der Waals surface area contributed by atoms with Crippen molar-refractivity contribution < 1.29 is 9.18 Å². The summed E-state index contributed by atoms with van der Waals surface area (Å²) in [6.07, 6.45) is 5.18. The maximum absolute atomic E-state index is 13.2. The molecule has 4 rings (SSSR count). The molecule has 1 aromatic heterocycles. The summed E-state index contributed by atoms with van der Waals surface area (Å²) in [5, 5.41) is 3.07. The first kappa shape index (κ1) is 12.6. The van der Waals surface area contributed by atoms with Crippen molar-refractivity contribution in [3.63, 3.8) is 0 Å². The third-order valence-electron chi connectivity index (χ3n) is 4.34. The Morgan fingerprint density at radius 1 is 1.24 bits per heavy atom. The molecule has 2 aliphatic carbocycles. The first-order valence-corrected chi connectivity index (χ1v) is 7.45. The lowest BCUT2D eigenvalue weighted by Gasteiger charge is -2.08. The zero-order valence-corrected chi connectivity index (χ0v) is 11.6. The SMILES string of the molecule is O=C(NC1CC1c1cccc(F)c1)c1cccn1C1CC1. The van der Waals surface area contributed by atoms with Crippen LogP contribution in [0.25, 0.3) is 0 Å². The summed E-state index contributed by atoms with van der Waals surface area (Å²) in [7, 11) is 0. The molecular formula is C17H17FN2O. The predicted octanol–water partition coefficient (Wildman–Crippen LogP) is 3.25. The van der Waals surface area contributed by atoms with Crippen molar-refractivity contribution in [2.45, 2.75) is 37.3 Å². The maximum Gasteiger partial charge on any atom is 0.268 e. The zero-order chi connectivity index (χ0) is 14.4. The van der Waals surface area contributed by atoms with Gasteiger partial charge >= 0.3 is 0 Å². The molecule has 1 heterocycles. The molecule has 0 bridgehead atoms. The van der Waals surface area contributed by atoms with Gasteiger partial charge in [-0.1, -0.05) is 12.1 Å². The lowest BCUT2D eigenvalue weighted by molar-refractivity contribution is 0.0941. The molecule has 1 N–H and O–H groups in total. The first-order chi connectivity index (χ1) is 10.2. The van der Waals surface area contributed by atoms with E-state index in [9.17, 15) is 9.18 Å². The minimum Gasteiger partial charge on any atom is -0.347 e. The van der Waals surface area contributed by atoms with Crippen molar-refractivity contribution in [2.75, 3.05) is 0 Å². The Hall–Kier alpha value is -2.10. The Morgan fingerprint density at radius 2 is 2.10 bits per heavy atom. The van der Waals surface area contributed by atoms with E-state index in [-0.39, 0.29) is 23.7 Å². The summed E-state index contributed by atoms with van der Waals surface area (Å²) in [5.41, 5.74) is 1.71. The third-order valence-corrected chi connectivity index (χ3v) is 4.34. The highest BCUT2D eigenvalue weighted by Gasteiger charge is 2.40. The van der Waals surface area contributed by atoms with Crippen LogP contribution in [0.2, 0.25) is 0 Å². The summed E-state index contributed by atoms with van der Waals surface area (Å²) < 4.78 is 15.3. The quantitative estimate of drug-likeness (QED) is 0.918. The molecule has 1 amide bonds. The summed E-state index contributed by atoms with van der Waals surface area (Å²) in [6.45, 7) is 0. The van der Waals surface area contributed by atoms with E-state index in [1.54, 1.807) is 12.1 Å². The second-order valence-electron chi connectivity index (χ2n) is 6.01. The van der Waals surface area contributed by atoms with Crippen LogP contribution in [0.4, 0.5) is 4.39 Å². The Morgan fingerprint density at radius 3 is 2.86 bits per heavy atom. The van der Waals surface area contributed by atoms with Gasteiger partial charge in [0, 0.05) is 24.2 Å². The highest BCUT2D eigenvalue weighted by Crippen LogP contribution is 2.41. The van der Waals surface area contributed by atoms with Crippen LogP contribution in [0, 0.1) is 5.82 Å². The largest absolute Gasteiger partial charge is 0.347 e. The molecule has 21 heavy (non-hydrogen) atoms. The molecule has 2 aromatic rings. The second kappa shape index (κ2) is 4.72. The number of carbonyl (C=O) groups excluding carboxylic acids is 1. The monoisotopic (exact) mass is 284 g/mol. The number of carbonyl (C=O) groups is 1. The van der Waals surface area contributed by atoms with Crippen LogP contribution in [-0.2, 0) is 0 Å². The molecule has 2 aliphatic rings. The van der Waals surface area contributed by atoms with E-state index in [1.165, 1.54) is 6.07 Å². The predicted molar refractivity (Wildman–Crippen MR) is 77.7 cm³/mol. The van der Waals surface area contributed by atoms with E-state index < -0.39 is 0 Å². The number of aromatic nitrogens is 1. The number of nitrogens with one attached hydrogen (secondary N) is 1. The second-order valence-corrected chi connectivity index (χ2v) is 6.01. The van der Waals surface area contributed by atoms with Gasteiger partial charge in [-0.05, 0) is 49.1 Å². The van der Waals surface area contributed by atoms with Crippen LogP contribution in [0.1, 0.15) is 47.3 Å². The third kappa shape index (κ3) is 2.46. The first-order valence-electron chi connectivity index (χ1n) is 7.45. The summed E-state index contributed by atoms with van der Waals surface area (Å²) in [5.74, 6) is 0.0110. The number of rotatable bonds is 4. The summed E-state index contributed by atoms with van der Waals surface area (Å²) >= 11 is 0. The average Bonchev–Trinajstić information content (AvgIpc) is 3.39. The highest BCUT2D eigenvalue weighted by molar-refractivity contribution is 5.93. The van der Waals surface area contributed by atoms with Crippen LogP contribution in [-0.4, -0.2) is 16.5 Å². The molecule has 2 atom stereocenters. The summed E-state index contributed by atoms with van der Waals surface area (Å²) in [6, 6.07) is 11.1. The lowest BCUT2D eigenvalue weighted by Crippen LogP contribution is -2.28. The molecule has 0 spiro atoms. The van der Waals surface area contributed by atoms with Crippen LogP contribution in [0.3, 0.4) is 0 Å². The molecule has 0 radical (unpaired) electrons. The standard InChI is InChI=1S/C17H17FN2O/c18-12-4-1-3-11(9-12)14-10-15(14)19-17(21)16-5-2-8-20(16)13-6-7-13/h1-5,8-9,13-15H,6-7,10H2,(H,19,21). The minimum absolute atomic E-state index is 0.0178. The number of amides is 1. The normalized spacial score (nSPS) is 23.9. The van der Waals surface area contributed by atoms with E-state index >= 15 is 0 Å². The molecule has 4 heteroatoms. The van der Waals surface area contributed by atoms with Crippen LogP contribution >= 0.6 is 0 Å². The Bertz CT molecular complexity index is 690. The topological polar surface area (TPSA) is 34.0 Å². The van der Waals surface area contributed by atoms with Gasteiger partial charge in [-0.2, -0.15) is 0 Å². The van der Waals surface area contributed by atoms with Crippen molar-refractivity contribution in [3.8, 4) is 0 Å². The fourth-order valence-corrected chi connectivity index (χ4v) is 2.96. The zero-order valence-electron chi connectivity index (χ0n) is 11.6. The molecule has 2 unspecified atom stereocenters. The van der Waals surface area contributed by atoms with E-state index in [2.05, 4.69) is 9.88 Å². The number of benzene rings is 1. The van der Waals surface area contributed by atoms with E-state index in [4.69, 9.17) is 0 Å². The lowest BCUT2D eigenvalue weighted by atomic mass is 10.1. The van der Waals surface area contributed by atoms with Crippen molar-refractivity contribution in [3.05, 3.63) is 59.7 Å². The molecule has 108 valence electrons. The number of halogens is 1. The molecule has 0 aliphatic heterocycles. The van der Waals surface area contributed by atoms with Crippen molar-refractivity contribution in [2.24, 2.45) is 0 Å². The number of hydrogen-bond acceptors (Lipinski definition) is 1. The van der Waals surface area contributed by atoms with Gasteiger partial charge in [0.05, 0.1) is 0 Å². The van der Waals surface area contributed by atoms with Gasteiger partial charge in [0.2, 0.25) is 0 Å². The van der Waals surface area contributed by atoms with Gasteiger partial charge in [0.1, 0.15) is 11.5 Å². The Labute approximate surface area is 122 Å². The molecule has 1 aromatic carbocycles. The van der Waals surface area contributed by atoms with Crippen molar-refractivity contribution >= 4 is 5.91 Å². The number of hydrogen-bond donors (Lipinski definition) is 1. The average molecular weight is 284 g/mol. The van der Waals surface area contributed by atoms with E-state index in [1.807, 2.05) is 24.4 Å². The van der Waals surface area contributed by atoms with Gasteiger partial charge in [0.25, 0.3) is 5.91 Å². The summed E-state index contributed by atoms with van der Waals surface area (Å²) in [4.78, 5) is 12.3. The van der Waals surface area contributed by atoms with Crippen LogP contribution < -0.4 is 5.32 Å². The van der Waals surface area contributed by atoms with Crippen LogP contribution in [0.15, 0.2) is 42.6 Å². The van der Waals surface area contributed by atoms with E-state index in [0.29, 0.717) is 6.04 Å². The highest BCUT2D eigenvalue weighted by atomic mass is 19.1. The van der Waals surface area contributed by atoms with Gasteiger partial charge < -0.3 is 9.88 Å². The maximum atomic E-state index is 13.2. The molecular weight excluding hydrogens is 267 g/mol. The van der Waals surface area contributed by atoms with E-state index in [0.717, 1.165) is 30.5 Å². The van der Waals surface area contributed by atoms with Gasteiger partial charge in [-0.15, -0.1) is 0 Å². The Kier molecular flexibility index (Phi) is 2.84. The molecule has 2 saturated carbocycles. The van der Waals surface area contributed by atoms with Gasteiger partial charge in [-0.25, -0.2) is 4.39 Å². The molecule has 0 saturated heterocycles.